The predicted molar refractivity (Wildman–Crippen MR) is 103 cm³/mol. The third-order valence-corrected chi connectivity index (χ3v) is 4.89. The van der Waals surface area contributed by atoms with Crippen LogP contribution in [0.5, 0.6) is 0 Å². The van der Waals surface area contributed by atoms with E-state index in [2.05, 4.69) is 9.97 Å². The highest BCUT2D eigenvalue weighted by molar-refractivity contribution is 7.99. The minimum absolute atomic E-state index is 0.259. The van der Waals surface area contributed by atoms with Crippen LogP contribution >= 0.6 is 11.8 Å². The molecular formula is C19H23FN4O2S. The molecule has 2 aromatic rings. The number of amides is 1. The molecule has 1 saturated heterocycles. The van der Waals surface area contributed by atoms with E-state index in [4.69, 9.17) is 4.74 Å². The van der Waals surface area contributed by atoms with E-state index in [1.807, 2.05) is 25.7 Å². The maximum absolute atomic E-state index is 13.7. The lowest BCUT2D eigenvalue weighted by atomic mass is 10.2. The number of hydrogen-bond acceptors (Lipinski definition) is 6. The molecule has 0 saturated carbocycles. The lowest BCUT2D eigenvalue weighted by Crippen LogP contribution is -2.50. The lowest BCUT2D eigenvalue weighted by molar-refractivity contribution is 0.0240. The van der Waals surface area contributed by atoms with Crippen LogP contribution in [-0.2, 0) is 4.74 Å². The Kier molecular flexibility index (Phi) is 5.84. The molecule has 6 nitrogen and oxygen atoms in total. The molecule has 0 aliphatic carbocycles. The van der Waals surface area contributed by atoms with Gasteiger partial charge in [0.25, 0.3) is 0 Å². The Labute approximate surface area is 162 Å². The van der Waals surface area contributed by atoms with Gasteiger partial charge in [-0.2, -0.15) is 0 Å². The minimum Gasteiger partial charge on any atom is -0.444 e. The number of halogens is 1. The van der Waals surface area contributed by atoms with E-state index in [0.717, 1.165) is 4.90 Å². The molecule has 0 spiro atoms. The summed E-state index contributed by atoms with van der Waals surface area (Å²) in [6.45, 7) is 7.97. The highest BCUT2D eigenvalue weighted by atomic mass is 32.2. The van der Waals surface area contributed by atoms with Crippen molar-refractivity contribution in [3.8, 4) is 0 Å². The molecule has 1 aliphatic rings. The van der Waals surface area contributed by atoms with Crippen LogP contribution in [0.25, 0.3) is 0 Å². The topological polar surface area (TPSA) is 58.6 Å². The maximum atomic E-state index is 13.7. The SMILES string of the molecule is CC(C)(C)OC(=O)N1CCN(c2ncc(Sc3ccccc3F)cn2)CC1. The molecule has 1 aromatic carbocycles. The van der Waals surface area contributed by atoms with Crippen molar-refractivity contribution in [3.05, 3.63) is 42.5 Å². The maximum Gasteiger partial charge on any atom is 0.410 e. The highest BCUT2D eigenvalue weighted by Crippen LogP contribution is 2.29. The summed E-state index contributed by atoms with van der Waals surface area (Å²) in [6, 6.07) is 6.62. The molecule has 0 bridgehead atoms. The number of aromatic nitrogens is 2. The summed E-state index contributed by atoms with van der Waals surface area (Å²) in [4.78, 5) is 26.0. The number of ether oxygens (including phenoxy) is 1. The molecule has 2 heterocycles. The van der Waals surface area contributed by atoms with E-state index in [0.29, 0.717) is 37.0 Å². The van der Waals surface area contributed by atoms with Crippen molar-refractivity contribution in [2.45, 2.75) is 36.2 Å². The molecule has 1 aliphatic heterocycles. The number of anilines is 1. The number of rotatable bonds is 3. The van der Waals surface area contributed by atoms with E-state index >= 15 is 0 Å². The standard InChI is InChI=1S/C19H23FN4O2S/c1-19(2,3)26-18(25)24-10-8-23(9-11-24)17-21-12-14(13-22-17)27-16-7-5-4-6-15(16)20/h4-7,12-13H,8-11H2,1-3H3. The Morgan fingerprint density at radius 2 is 1.74 bits per heavy atom. The number of carbonyl (C=O) groups excluding carboxylic acids is 1. The first kappa shape index (κ1) is 19.4. The fraction of sp³-hybridized carbons (Fsp3) is 0.421. The van der Waals surface area contributed by atoms with Crippen LogP contribution in [0.15, 0.2) is 46.5 Å². The van der Waals surface area contributed by atoms with Gasteiger partial charge in [0.2, 0.25) is 5.95 Å². The van der Waals surface area contributed by atoms with Gasteiger partial charge in [-0.15, -0.1) is 0 Å². The second-order valence-electron chi connectivity index (χ2n) is 7.21. The van der Waals surface area contributed by atoms with Gasteiger partial charge in [0.1, 0.15) is 11.4 Å². The van der Waals surface area contributed by atoms with Gasteiger partial charge in [0.05, 0.1) is 0 Å². The average molecular weight is 390 g/mol. The molecule has 8 heteroatoms. The van der Waals surface area contributed by atoms with E-state index in [-0.39, 0.29) is 11.9 Å². The second kappa shape index (κ2) is 8.12. The number of benzene rings is 1. The zero-order valence-corrected chi connectivity index (χ0v) is 16.5. The molecular weight excluding hydrogens is 367 g/mol. The van der Waals surface area contributed by atoms with Gasteiger partial charge in [-0.25, -0.2) is 19.2 Å². The summed E-state index contributed by atoms with van der Waals surface area (Å²) in [7, 11) is 0. The Morgan fingerprint density at radius 1 is 1.11 bits per heavy atom. The third-order valence-electron chi connectivity index (χ3n) is 3.89. The smallest absolute Gasteiger partial charge is 0.410 e. The summed E-state index contributed by atoms with van der Waals surface area (Å²) in [5.74, 6) is 0.349. The van der Waals surface area contributed by atoms with Crippen LogP contribution in [0.4, 0.5) is 15.1 Å². The van der Waals surface area contributed by atoms with Gasteiger partial charge in [-0.05, 0) is 32.9 Å². The first-order chi connectivity index (χ1) is 12.8. The largest absolute Gasteiger partial charge is 0.444 e. The van der Waals surface area contributed by atoms with Crippen LogP contribution < -0.4 is 4.90 Å². The first-order valence-corrected chi connectivity index (χ1v) is 9.61. The van der Waals surface area contributed by atoms with Gasteiger partial charge >= 0.3 is 6.09 Å². The fourth-order valence-electron chi connectivity index (χ4n) is 2.60. The van der Waals surface area contributed by atoms with E-state index in [1.54, 1.807) is 35.5 Å². The van der Waals surface area contributed by atoms with Gasteiger partial charge in [-0.1, -0.05) is 23.9 Å². The van der Waals surface area contributed by atoms with Crippen molar-refractivity contribution >= 4 is 23.8 Å². The van der Waals surface area contributed by atoms with Crippen molar-refractivity contribution in [1.82, 2.24) is 14.9 Å². The van der Waals surface area contributed by atoms with Crippen LogP contribution in [0.3, 0.4) is 0 Å². The molecule has 3 rings (SSSR count). The van der Waals surface area contributed by atoms with Crippen molar-refractivity contribution in [3.63, 3.8) is 0 Å². The Bertz CT molecular complexity index is 787. The summed E-state index contributed by atoms with van der Waals surface area (Å²) in [6.07, 6.45) is 3.10. The normalized spacial score (nSPS) is 15.0. The number of hydrogen-bond donors (Lipinski definition) is 0. The van der Waals surface area contributed by atoms with E-state index in [1.165, 1.54) is 17.8 Å². The first-order valence-electron chi connectivity index (χ1n) is 8.79. The molecule has 0 radical (unpaired) electrons. The van der Waals surface area contributed by atoms with Gasteiger partial charge in [0, 0.05) is 48.4 Å². The van der Waals surface area contributed by atoms with E-state index in [9.17, 15) is 9.18 Å². The Morgan fingerprint density at radius 3 is 2.33 bits per heavy atom. The van der Waals surface area contributed by atoms with Crippen molar-refractivity contribution in [2.24, 2.45) is 0 Å². The van der Waals surface area contributed by atoms with E-state index < -0.39 is 5.60 Å². The van der Waals surface area contributed by atoms with Gasteiger partial charge in [0.15, 0.2) is 0 Å². The molecule has 0 atom stereocenters. The van der Waals surface area contributed by atoms with Crippen molar-refractivity contribution in [1.29, 1.82) is 0 Å². The number of carbonyl (C=O) groups is 1. The zero-order valence-electron chi connectivity index (χ0n) is 15.7. The van der Waals surface area contributed by atoms with Crippen LogP contribution in [0.2, 0.25) is 0 Å². The quantitative estimate of drug-likeness (QED) is 0.794. The molecule has 1 fully saturated rings. The third kappa shape index (κ3) is 5.32. The van der Waals surface area contributed by atoms with Crippen LogP contribution in [0.1, 0.15) is 20.8 Å². The van der Waals surface area contributed by atoms with Crippen LogP contribution in [-0.4, -0.2) is 52.7 Å². The minimum atomic E-state index is -0.497. The number of nitrogens with zero attached hydrogens (tertiary/aromatic N) is 4. The zero-order chi connectivity index (χ0) is 19.4. The summed E-state index contributed by atoms with van der Waals surface area (Å²) in [5.41, 5.74) is -0.497. The molecule has 27 heavy (non-hydrogen) atoms. The summed E-state index contributed by atoms with van der Waals surface area (Å²) in [5, 5.41) is 0. The molecule has 0 N–H and O–H groups in total. The lowest BCUT2D eigenvalue weighted by Gasteiger charge is -2.35. The molecule has 144 valence electrons. The van der Waals surface area contributed by atoms with Crippen LogP contribution in [0, 0.1) is 5.82 Å². The highest BCUT2D eigenvalue weighted by Gasteiger charge is 2.26. The summed E-state index contributed by atoms with van der Waals surface area (Å²) < 4.78 is 19.1. The van der Waals surface area contributed by atoms with Crippen molar-refractivity contribution in [2.75, 3.05) is 31.1 Å². The van der Waals surface area contributed by atoms with Gasteiger partial charge in [-0.3, -0.25) is 0 Å². The van der Waals surface area contributed by atoms with Gasteiger partial charge < -0.3 is 14.5 Å². The molecule has 1 amide bonds. The number of piperazine rings is 1. The van der Waals surface area contributed by atoms with Crippen molar-refractivity contribution < 1.29 is 13.9 Å². The predicted octanol–water partition coefficient (Wildman–Crippen LogP) is 3.82. The Balaban J connectivity index is 1.56. The monoisotopic (exact) mass is 390 g/mol. The Hall–Kier alpha value is -2.35. The molecule has 0 unspecified atom stereocenters. The average Bonchev–Trinajstić information content (AvgIpc) is 2.63. The molecule has 1 aromatic heterocycles. The second-order valence-corrected chi connectivity index (χ2v) is 8.32. The fourth-order valence-corrected chi connectivity index (χ4v) is 3.37. The summed E-state index contributed by atoms with van der Waals surface area (Å²) >= 11 is 1.29.